The molecule has 0 fully saturated rings. The first kappa shape index (κ1) is 21.6. The fourth-order valence-electron chi connectivity index (χ4n) is 3.63. The molecule has 0 aliphatic heterocycles. The Kier molecular flexibility index (Phi) is 6.23. The lowest BCUT2D eigenvalue weighted by Gasteiger charge is -2.13. The Morgan fingerprint density at radius 1 is 1.12 bits per heavy atom. The number of rotatable bonds is 8. The number of aryl methyl sites for hydroxylation is 1. The van der Waals surface area contributed by atoms with Gasteiger partial charge in [0.05, 0.1) is 17.9 Å². The number of benzene rings is 1. The molecule has 0 spiro atoms. The van der Waals surface area contributed by atoms with E-state index in [9.17, 15) is 18.7 Å². The van der Waals surface area contributed by atoms with E-state index in [0.29, 0.717) is 28.5 Å². The van der Waals surface area contributed by atoms with Gasteiger partial charge >= 0.3 is 0 Å². The summed E-state index contributed by atoms with van der Waals surface area (Å²) in [6, 6.07) is 12.2. The van der Waals surface area contributed by atoms with E-state index in [1.807, 2.05) is 0 Å². The van der Waals surface area contributed by atoms with Crippen molar-refractivity contribution >= 4 is 11.4 Å². The molecular weight excluding hydrogens is 416 g/mol. The average molecular weight is 437 g/mol. The molecule has 0 bridgehead atoms. The molecule has 3 aromatic heterocycles. The van der Waals surface area contributed by atoms with Crippen LogP contribution in [0.25, 0.3) is 5.65 Å². The number of aliphatic hydroxyl groups is 1. The summed E-state index contributed by atoms with van der Waals surface area (Å²) >= 11 is 0. The molecule has 1 unspecified atom stereocenters. The van der Waals surface area contributed by atoms with Gasteiger partial charge in [0.15, 0.2) is 17.2 Å². The van der Waals surface area contributed by atoms with Crippen molar-refractivity contribution in [2.24, 2.45) is 0 Å². The van der Waals surface area contributed by atoms with E-state index in [1.54, 1.807) is 54.0 Å². The van der Waals surface area contributed by atoms with Crippen LogP contribution >= 0.6 is 0 Å². The van der Waals surface area contributed by atoms with Crippen molar-refractivity contribution in [2.45, 2.75) is 25.9 Å². The molecule has 0 radical (unpaired) electrons. The third kappa shape index (κ3) is 4.22. The Morgan fingerprint density at radius 3 is 2.59 bits per heavy atom. The quantitative estimate of drug-likeness (QED) is 0.417. The first-order valence-electron chi connectivity index (χ1n) is 10.1. The zero-order chi connectivity index (χ0) is 22.7. The summed E-state index contributed by atoms with van der Waals surface area (Å²) in [5, 5.41) is 9.78. The van der Waals surface area contributed by atoms with E-state index in [-0.39, 0.29) is 31.0 Å². The van der Waals surface area contributed by atoms with Crippen LogP contribution in [-0.2, 0) is 6.61 Å². The minimum Gasteiger partial charge on any atom is -0.485 e. The maximum Gasteiger partial charge on any atom is 0.182 e. The highest BCUT2D eigenvalue weighted by Gasteiger charge is 2.23. The summed E-state index contributed by atoms with van der Waals surface area (Å²) in [4.78, 5) is 21.8. The molecule has 0 aliphatic rings. The van der Waals surface area contributed by atoms with Gasteiger partial charge in [-0.1, -0.05) is 12.1 Å². The predicted molar refractivity (Wildman–Crippen MR) is 114 cm³/mol. The van der Waals surface area contributed by atoms with Crippen LogP contribution in [0.2, 0.25) is 0 Å². The number of fused-ring (bicyclic) bond motifs is 1. The van der Waals surface area contributed by atoms with Gasteiger partial charge in [0.2, 0.25) is 0 Å². The largest absolute Gasteiger partial charge is 0.485 e. The van der Waals surface area contributed by atoms with E-state index in [0.717, 1.165) is 12.1 Å². The van der Waals surface area contributed by atoms with Gasteiger partial charge in [0, 0.05) is 30.4 Å². The summed E-state index contributed by atoms with van der Waals surface area (Å²) in [7, 11) is 0. The molecule has 3 heterocycles. The summed E-state index contributed by atoms with van der Waals surface area (Å²) in [6.07, 6.45) is 3.34. The second kappa shape index (κ2) is 9.23. The topological polar surface area (TPSA) is 76.7 Å². The number of hydrogen-bond acceptors (Lipinski definition) is 5. The normalized spacial score (nSPS) is 12.1. The standard InChI is InChI=1S/C24H21F2N3O3/c1-15-23(21(31)12-16(13-30)20-8-2-3-10-27-20)29-11-5-9-22(24(29)28-15)32-14-17-18(25)6-4-7-19(17)26/h2-11,16,30H,12-14H2,1H3. The van der Waals surface area contributed by atoms with Crippen LogP contribution in [0.15, 0.2) is 60.9 Å². The Labute approximate surface area is 183 Å². The monoisotopic (exact) mass is 437 g/mol. The Bertz CT molecular complexity index is 1240. The van der Waals surface area contributed by atoms with Crippen LogP contribution in [0.3, 0.4) is 0 Å². The van der Waals surface area contributed by atoms with E-state index in [2.05, 4.69) is 9.97 Å². The van der Waals surface area contributed by atoms with Crippen LogP contribution in [-0.4, -0.2) is 31.9 Å². The first-order chi connectivity index (χ1) is 15.5. The molecule has 4 aromatic rings. The maximum absolute atomic E-state index is 13.9. The number of ketones is 1. The van der Waals surface area contributed by atoms with Gasteiger partial charge in [-0.3, -0.25) is 14.2 Å². The number of Topliss-reactive ketones (excluding diaryl/α,β-unsaturated/α-hetero) is 1. The molecule has 8 heteroatoms. The number of imidazole rings is 1. The molecule has 164 valence electrons. The Balaban J connectivity index is 1.61. The number of nitrogens with zero attached hydrogens (tertiary/aromatic N) is 3. The number of halogens is 2. The SMILES string of the molecule is Cc1nc2c(OCc3c(F)cccc3F)cccn2c1C(=O)CC(CO)c1ccccn1. The van der Waals surface area contributed by atoms with Crippen molar-refractivity contribution in [2.75, 3.05) is 6.61 Å². The number of aromatic nitrogens is 3. The third-order valence-corrected chi connectivity index (χ3v) is 5.24. The van der Waals surface area contributed by atoms with Crippen LogP contribution in [0.5, 0.6) is 5.75 Å². The molecule has 0 amide bonds. The second-order valence-electron chi connectivity index (χ2n) is 7.36. The Hall–Kier alpha value is -3.65. The molecule has 0 saturated heterocycles. The maximum atomic E-state index is 13.9. The number of carbonyl (C=O) groups is 1. The highest BCUT2D eigenvalue weighted by Crippen LogP contribution is 2.26. The zero-order valence-electron chi connectivity index (χ0n) is 17.3. The number of pyridine rings is 2. The van der Waals surface area contributed by atoms with Crippen LogP contribution in [0.1, 0.15) is 39.8 Å². The van der Waals surface area contributed by atoms with Crippen molar-refractivity contribution in [3.63, 3.8) is 0 Å². The Morgan fingerprint density at radius 2 is 1.91 bits per heavy atom. The van der Waals surface area contributed by atoms with Gasteiger partial charge in [-0.15, -0.1) is 0 Å². The molecular formula is C24H21F2N3O3. The fourth-order valence-corrected chi connectivity index (χ4v) is 3.63. The average Bonchev–Trinajstić information content (AvgIpc) is 3.14. The first-order valence-corrected chi connectivity index (χ1v) is 10.1. The molecule has 6 nitrogen and oxygen atoms in total. The molecule has 4 rings (SSSR count). The number of aliphatic hydroxyl groups excluding tert-OH is 1. The smallest absolute Gasteiger partial charge is 0.182 e. The lowest BCUT2D eigenvalue weighted by molar-refractivity contribution is 0.0952. The van der Waals surface area contributed by atoms with Gasteiger partial charge in [0.25, 0.3) is 0 Å². The van der Waals surface area contributed by atoms with Gasteiger partial charge in [-0.25, -0.2) is 13.8 Å². The van der Waals surface area contributed by atoms with Gasteiger partial charge < -0.3 is 9.84 Å². The highest BCUT2D eigenvalue weighted by atomic mass is 19.1. The van der Waals surface area contributed by atoms with Gasteiger partial charge in [0.1, 0.15) is 23.9 Å². The second-order valence-corrected chi connectivity index (χ2v) is 7.36. The van der Waals surface area contributed by atoms with Gasteiger partial charge in [-0.2, -0.15) is 0 Å². The summed E-state index contributed by atoms with van der Waals surface area (Å²) in [5.41, 5.74) is 1.65. The minimum atomic E-state index is -0.697. The van der Waals surface area contributed by atoms with Gasteiger partial charge in [-0.05, 0) is 43.3 Å². The van der Waals surface area contributed by atoms with Crippen LogP contribution in [0, 0.1) is 18.6 Å². The van der Waals surface area contributed by atoms with Crippen LogP contribution in [0.4, 0.5) is 8.78 Å². The summed E-state index contributed by atoms with van der Waals surface area (Å²) < 4.78 is 35.1. The number of ether oxygens (including phenoxy) is 1. The number of carbonyl (C=O) groups excluding carboxylic acids is 1. The molecule has 1 atom stereocenters. The molecule has 32 heavy (non-hydrogen) atoms. The highest BCUT2D eigenvalue weighted by molar-refractivity contribution is 5.97. The minimum absolute atomic E-state index is 0.0493. The van der Waals surface area contributed by atoms with E-state index < -0.39 is 17.6 Å². The number of hydrogen-bond donors (Lipinski definition) is 1. The van der Waals surface area contributed by atoms with E-state index in [1.165, 1.54) is 6.07 Å². The van der Waals surface area contributed by atoms with E-state index in [4.69, 9.17) is 4.74 Å². The van der Waals surface area contributed by atoms with Crippen molar-refractivity contribution in [3.8, 4) is 5.75 Å². The fraction of sp³-hybridized carbons (Fsp3) is 0.208. The van der Waals surface area contributed by atoms with Crippen molar-refractivity contribution in [1.29, 1.82) is 0 Å². The lowest BCUT2D eigenvalue weighted by Crippen LogP contribution is -2.14. The lowest BCUT2D eigenvalue weighted by atomic mass is 9.97. The van der Waals surface area contributed by atoms with Crippen LogP contribution < -0.4 is 4.74 Å². The molecule has 1 N–H and O–H groups in total. The molecule has 1 aromatic carbocycles. The zero-order valence-corrected chi connectivity index (χ0v) is 17.3. The molecule has 0 aliphatic carbocycles. The summed E-state index contributed by atoms with van der Waals surface area (Å²) in [5.74, 6) is -1.76. The summed E-state index contributed by atoms with van der Waals surface area (Å²) in [6.45, 7) is 1.16. The predicted octanol–water partition coefficient (Wildman–Crippen LogP) is 4.24. The van der Waals surface area contributed by atoms with Crippen molar-refractivity contribution in [1.82, 2.24) is 14.4 Å². The third-order valence-electron chi connectivity index (χ3n) is 5.24. The van der Waals surface area contributed by atoms with E-state index >= 15 is 0 Å². The van der Waals surface area contributed by atoms with Crippen molar-refractivity contribution in [3.05, 3.63) is 95.2 Å². The molecule has 0 saturated carbocycles. The van der Waals surface area contributed by atoms with Crippen molar-refractivity contribution < 1.29 is 23.4 Å².